The molecular formula is C12H16F3NS2. The van der Waals surface area contributed by atoms with Gasteiger partial charge < -0.3 is 5.32 Å². The molecule has 102 valence electrons. The van der Waals surface area contributed by atoms with Gasteiger partial charge in [-0.25, -0.2) is 0 Å². The molecule has 0 bridgehead atoms. The lowest BCUT2D eigenvalue weighted by molar-refractivity contribution is -0.139. The quantitative estimate of drug-likeness (QED) is 0.594. The normalized spacial score (nSPS) is 12.6. The van der Waals surface area contributed by atoms with Gasteiger partial charge in [-0.1, -0.05) is 31.6 Å². The van der Waals surface area contributed by atoms with Crippen LogP contribution in [0.15, 0.2) is 23.1 Å². The zero-order valence-electron chi connectivity index (χ0n) is 10.4. The Hall–Kier alpha value is -0.490. The highest BCUT2D eigenvalue weighted by Crippen LogP contribution is 2.39. The van der Waals surface area contributed by atoms with Crippen molar-refractivity contribution in [3.05, 3.63) is 23.8 Å². The Morgan fingerprint density at radius 2 is 1.83 bits per heavy atom. The lowest BCUT2D eigenvalue weighted by atomic mass is 9.97. The van der Waals surface area contributed by atoms with Crippen LogP contribution < -0.4 is 5.32 Å². The average Bonchev–Trinajstić information content (AvgIpc) is 2.24. The van der Waals surface area contributed by atoms with E-state index in [9.17, 15) is 13.2 Å². The van der Waals surface area contributed by atoms with Crippen LogP contribution >= 0.6 is 22.5 Å². The van der Waals surface area contributed by atoms with E-state index < -0.39 is 11.7 Å². The number of halogens is 3. The first-order valence-corrected chi connectivity index (χ1v) is 7.27. The Morgan fingerprint density at radius 1 is 1.22 bits per heavy atom. The number of anilines is 1. The maximum atomic E-state index is 12.8. The summed E-state index contributed by atoms with van der Waals surface area (Å²) in [7, 11) is 0.801. The van der Waals surface area contributed by atoms with Crippen LogP contribution in [0.3, 0.4) is 0 Å². The van der Waals surface area contributed by atoms with Gasteiger partial charge in [-0.2, -0.15) is 13.2 Å². The summed E-state index contributed by atoms with van der Waals surface area (Å²) >= 11 is 3.84. The fourth-order valence-corrected chi connectivity index (χ4v) is 2.19. The summed E-state index contributed by atoms with van der Waals surface area (Å²) < 4.78 is 38.4. The molecule has 0 fully saturated rings. The van der Waals surface area contributed by atoms with Crippen molar-refractivity contribution < 1.29 is 13.2 Å². The van der Waals surface area contributed by atoms with E-state index in [4.69, 9.17) is 0 Å². The van der Waals surface area contributed by atoms with Crippen molar-refractivity contribution in [3.8, 4) is 0 Å². The van der Waals surface area contributed by atoms with Crippen molar-refractivity contribution in [2.45, 2.75) is 31.8 Å². The smallest absolute Gasteiger partial charge is 0.385 e. The molecule has 1 aromatic rings. The molecule has 1 aromatic carbocycles. The first-order chi connectivity index (χ1) is 8.13. The molecule has 0 aliphatic heterocycles. The van der Waals surface area contributed by atoms with Crippen molar-refractivity contribution in [2.24, 2.45) is 5.41 Å². The lowest BCUT2D eigenvalue weighted by Gasteiger charge is -2.20. The highest BCUT2D eigenvalue weighted by molar-refractivity contribution is 8.68. The first-order valence-electron chi connectivity index (χ1n) is 5.40. The molecule has 6 heteroatoms. The second kappa shape index (κ2) is 5.65. The van der Waals surface area contributed by atoms with E-state index in [2.05, 4.69) is 17.0 Å². The largest absolute Gasteiger partial charge is 0.417 e. The minimum atomic E-state index is -4.36. The molecule has 0 heterocycles. The van der Waals surface area contributed by atoms with Crippen molar-refractivity contribution in [1.82, 2.24) is 0 Å². The molecule has 0 saturated heterocycles. The third-order valence-corrected chi connectivity index (χ3v) is 3.35. The number of hydrogen-bond donors (Lipinski definition) is 2. The number of thiol groups is 1. The molecular weight excluding hydrogens is 279 g/mol. The summed E-state index contributed by atoms with van der Waals surface area (Å²) in [5, 5.41) is 3.01. The standard InChI is InChI=1S/C12H16F3NS2/c1-11(2,3)7-16-8-4-5-10(18-17)9(6-8)12(13,14)15/h4-6,16-17H,7H2,1-3H3. The van der Waals surface area contributed by atoms with E-state index in [0.717, 1.165) is 16.9 Å². The van der Waals surface area contributed by atoms with Gasteiger partial charge in [-0.3, -0.25) is 0 Å². The molecule has 0 amide bonds. The minimum absolute atomic E-state index is 0.00929. The molecule has 0 atom stereocenters. The van der Waals surface area contributed by atoms with Crippen LogP contribution in [0.4, 0.5) is 18.9 Å². The topological polar surface area (TPSA) is 12.0 Å². The van der Waals surface area contributed by atoms with Crippen molar-refractivity contribution in [1.29, 1.82) is 0 Å². The van der Waals surface area contributed by atoms with Gasteiger partial charge in [-0.15, -0.1) is 11.7 Å². The molecule has 0 aliphatic carbocycles. The van der Waals surface area contributed by atoms with Gasteiger partial charge in [0, 0.05) is 17.1 Å². The van der Waals surface area contributed by atoms with Crippen LogP contribution in [-0.4, -0.2) is 6.54 Å². The maximum Gasteiger partial charge on any atom is 0.417 e. The van der Waals surface area contributed by atoms with Crippen LogP contribution in [0.1, 0.15) is 26.3 Å². The van der Waals surface area contributed by atoms with Crippen molar-refractivity contribution >= 4 is 28.1 Å². The van der Waals surface area contributed by atoms with E-state index in [1.807, 2.05) is 20.8 Å². The zero-order chi connectivity index (χ0) is 14.0. The predicted molar refractivity (Wildman–Crippen MR) is 74.2 cm³/mol. The summed E-state index contributed by atoms with van der Waals surface area (Å²) in [4.78, 5) is 0.118. The summed E-state index contributed by atoms with van der Waals surface area (Å²) in [6.07, 6.45) is -4.36. The Bertz CT molecular complexity index is 411. The molecule has 0 unspecified atom stereocenters. The van der Waals surface area contributed by atoms with E-state index in [0.29, 0.717) is 12.2 Å². The molecule has 0 aromatic heterocycles. The van der Waals surface area contributed by atoms with Gasteiger partial charge in [0.1, 0.15) is 0 Å². The average molecular weight is 295 g/mol. The molecule has 1 N–H and O–H groups in total. The molecule has 0 spiro atoms. The highest BCUT2D eigenvalue weighted by Gasteiger charge is 2.33. The number of rotatable bonds is 3. The zero-order valence-corrected chi connectivity index (χ0v) is 12.1. The number of hydrogen-bond acceptors (Lipinski definition) is 3. The highest BCUT2D eigenvalue weighted by atomic mass is 33.1. The summed E-state index contributed by atoms with van der Waals surface area (Å²) in [6, 6.07) is 4.20. The second-order valence-corrected chi connectivity index (χ2v) is 6.38. The van der Waals surface area contributed by atoms with E-state index in [1.54, 1.807) is 6.07 Å². The summed E-state index contributed by atoms with van der Waals surface area (Å²) in [5.74, 6) is 0. The SMILES string of the molecule is CC(C)(C)CNc1ccc(SS)c(C(F)(F)F)c1. The van der Waals surface area contributed by atoms with Gasteiger partial charge >= 0.3 is 6.18 Å². The first kappa shape index (κ1) is 15.6. The Kier molecular flexibility index (Phi) is 4.89. The number of nitrogens with one attached hydrogen (secondary N) is 1. The van der Waals surface area contributed by atoms with Gasteiger partial charge in [0.25, 0.3) is 0 Å². The molecule has 1 rings (SSSR count). The van der Waals surface area contributed by atoms with E-state index in [1.165, 1.54) is 6.07 Å². The van der Waals surface area contributed by atoms with Crippen LogP contribution in [-0.2, 0) is 6.18 Å². The molecule has 18 heavy (non-hydrogen) atoms. The Balaban J connectivity index is 2.97. The molecule has 0 radical (unpaired) electrons. The monoisotopic (exact) mass is 295 g/mol. The maximum absolute atomic E-state index is 12.8. The van der Waals surface area contributed by atoms with Crippen LogP contribution in [0, 0.1) is 5.41 Å². The summed E-state index contributed by atoms with van der Waals surface area (Å²) in [5.41, 5.74) is -0.167. The van der Waals surface area contributed by atoms with E-state index >= 15 is 0 Å². The predicted octanol–water partition coefficient (Wildman–Crippen LogP) is 5.10. The molecule has 0 saturated carbocycles. The van der Waals surface area contributed by atoms with Gasteiger partial charge in [0.15, 0.2) is 0 Å². The lowest BCUT2D eigenvalue weighted by Crippen LogP contribution is -2.19. The van der Waals surface area contributed by atoms with Crippen molar-refractivity contribution in [3.63, 3.8) is 0 Å². The van der Waals surface area contributed by atoms with Crippen LogP contribution in [0.5, 0.6) is 0 Å². The van der Waals surface area contributed by atoms with Crippen LogP contribution in [0.25, 0.3) is 0 Å². The van der Waals surface area contributed by atoms with Gasteiger partial charge in [0.05, 0.1) is 5.56 Å². The molecule has 1 nitrogen and oxygen atoms in total. The Morgan fingerprint density at radius 3 is 2.28 bits per heavy atom. The van der Waals surface area contributed by atoms with Crippen LogP contribution in [0.2, 0.25) is 0 Å². The second-order valence-electron chi connectivity index (χ2n) is 5.21. The van der Waals surface area contributed by atoms with E-state index in [-0.39, 0.29) is 10.3 Å². The third kappa shape index (κ3) is 4.65. The third-order valence-electron chi connectivity index (χ3n) is 2.21. The number of benzene rings is 1. The fraction of sp³-hybridized carbons (Fsp3) is 0.500. The number of alkyl halides is 3. The Labute approximate surface area is 114 Å². The van der Waals surface area contributed by atoms with Gasteiger partial charge in [0.2, 0.25) is 0 Å². The summed E-state index contributed by atoms with van der Waals surface area (Å²) in [6.45, 7) is 6.66. The fourth-order valence-electron chi connectivity index (χ4n) is 1.31. The van der Waals surface area contributed by atoms with Gasteiger partial charge in [-0.05, 0) is 23.6 Å². The van der Waals surface area contributed by atoms with Crippen molar-refractivity contribution in [2.75, 3.05) is 11.9 Å². The molecule has 0 aliphatic rings. The minimum Gasteiger partial charge on any atom is -0.385 e.